The quantitative estimate of drug-likeness (QED) is 0.463. The molecule has 1 fully saturated rings. The summed E-state index contributed by atoms with van der Waals surface area (Å²) in [5.74, 6) is 0.875. The van der Waals surface area contributed by atoms with E-state index in [1.165, 1.54) is 11.1 Å². The highest BCUT2D eigenvalue weighted by molar-refractivity contribution is 7.80. The van der Waals surface area contributed by atoms with Gasteiger partial charge in [-0.1, -0.05) is 18.2 Å². The zero-order valence-corrected chi connectivity index (χ0v) is 18.3. The molecular weight excluding hydrogens is 402 g/mol. The predicted molar refractivity (Wildman–Crippen MR) is 127 cm³/mol. The van der Waals surface area contributed by atoms with Crippen molar-refractivity contribution in [3.63, 3.8) is 0 Å². The smallest absolute Gasteiger partial charge is 0.174 e. The van der Waals surface area contributed by atoms with Gasteiger partial charge < -0.3 is 14.8 Å². The van der Waals surface area contributed by atoms with Crippen molar-refractivity contribution in [2.45, 2.75) is 25.9 Å². The van der Waals surface area contributed by atoms with Crippen LogP contribution in [0.1, 0.15) is 34.6 Å². The molecule has 1 aromatic carbocycles. The average molecular weight is 426 g/mol. The lowest BCUT2D eigenvalue weighted by Crippen LogP contribution is -2.30. The van der Waals surface area contributed by atoms with Crippen molar-refractivity contribution in [3.8, 4) is 5.82 Å². The Morgan fingerprint density at radius 1 is 0.871 bits per heavy atom. The van der Waals surface area contributed by atoms with Crippen molar-refractivity contribution in [2.75, 3.05) is 4.90 Å². The number of hydrogen-bond acceptors (Lipinski definition) is 3. The van der Waals surface area contributed by atoms with Crippen LogP contribution in [-0.4, -0.2) is 19.6 Å². The minimum absolute atomic E-state index is 0.0819. The van der Waals surface area contributed by atoms with Gasteiger partial charge in [-0.05, 0) is 85.7 Å². The molecule has 154 valence electrons. The van der Waals surface area contributed by atoms with Crippen molar-refractivity contribution < 1.29 is 0 Å². The number of anilines is 1. The first-order valence-corrected chi connectivity index (χ1v) is 10.7. The molecule has 2 atom stereocenters. The first-order valence-electron chi connectivity index (χ1n) is 10.3. The Hall–Kier alpha value is -3.51. The zero-order valence-electron chi connectivity index (χ0n) is 17.4. The first kappa shape index (κ1) is 19.5. The third-order valence-electron chi connectivity index (χ3n) is 5.85. The molecule has 0 amide bonds. The summed E-state index contributed by atoms with van der Waals surface area (Å²) in [5, 5.41) is 4.22. The number of nitrogens with zero attached hydrogens (tertiary/aromatic N) is 4. The molecule has 4 heterocycles. The van der Waals surface area contributed by atoms with Crippen LogP contribution in [0, 0.1) is 13.8 Å². The minimum Gasteiger partial charge on any atom is -0.351 e. The van der Waals surface area contributed by atoms with Crippen LogP contribution in [0.2, 0.25) is 0 Å². The van der Waals surface area contributed by atoms with E-state index in [4.69, 9.17) is 12.2 Å². The molecule has 0 unspecified atom stereocenters. The molecule has 0 radical (unpaired) electrons. The second kappa shape index (κ2) is 7.96. The highest BCUT2D eigenvalue weighted by Crippen LogP contribution is 2.42. The van der Waals surface area contributed by atoms with Gasteiger partial charge in [0.25, 0.3) is 0 Å². The highest BCUT2D eigenvalue weighted by atomic mass is 32.1. The van der Waals surface area contributed by atoms with Gasteiger partial charge in [-0.3, -0.25) is 4.98 Å². The summed E-state index contributed by atoms with van der Waals surface area (Å²) >= 11 is 5.85. The third-order valence-corrected chi connectivity index (χ3v) is 6.16. The van der Waals surface area contributed by atoms with E-state index in [2.05, 4.69) is 68.9 Å². The Morgan fingerprint density at radius 2 is 1.68 bits per heavy atom. The summed E-state index contributed by atoms with van der Waals surface area (Å²) in [6, 6.07) is 22.4. The first-order chi connectivity index (χ1) is 15.1. The van der Waals surface area contributed by atoms with Crippen LogP contribution in [-0.2, 0) is 0 Å². The van der Waals surface area contributed by atoms with E-state index < -0.39 is 0 Å². The van der Waals surface area contributed by atoms with Crippen LogP contribution in [0.4, 0.5) is 5.69 Å². The fraction of sp³-hybridized carbons (Fsp3) is 0.160. The Bertz CT molecular complexity index is 1220. The fourth-order valence-electron chi connectivity index (χ4n) is 4.15. The molecule has 1 aliphatic heterocycles. The topological polar surface area (TPSA) is 46.0 Å². The second-order valence-electron chi connectivity index (χ2n) is 7.76. The number of pyridine rings is 2. The Labute approximate surface area is 187 Å². The second-order valence-corrected chi connectivity index (χ2v) is 8.14. The molecule has 0 aliphatic carbocycles. The summed E-state index contributed by atoms with van der Waals surface area (Å²) in [4.78, 5) is 11.4. The monoisotopic (exact) mass is 425 g/mol. The number of aryl methyl sites for hydroxylation is 2. The van der Waals surface area contributed by atoms with Gasteiger partial charge in [0, 0.05) is 30.0 Å². The largest absolute Gasteiger partial charge is 0.351 e. The van der Waals surface area contributed by atoms with E-state index in [0.717, 1.165) is 22.9 Å². The highest BCUT2D eigenvalue weighted by Gasteiger charge is 2.42. The molecular formula is C25H23N5S. The lowest BCUT2D eigenvalue weighted by atomic mass is 10.00. The summed E-state index contributed by atoms with van der Waals surface area (Å²) in [6.07, 6.45) is 5.69. The van der Waals surface area contributed by atoms with Crippen LogP contribution in [0.5, 0.6) is 0 Å². The molecule has 5 rings (SSSR count). The molecule has 0 spiro atoms. The van der Waals surface area contributed by atoms with E-state index in [0.29, 0.717) is 5.11 Å². The van der Waals surface area contributed by atoms with E-state index in [1.807, 2.05) is 55.0 Å². The van der Waals surface area contributed by atoms with Crippen molar-refractivity contribution in [3.05, 3.63) is 108 Å². The lowest BCUT2D eigenvalue weighted by Gasteiger charge is -2.29. The summed E-state index contributed by atoms with van der Waals surface area (Å²) in [7, 11) is 0. The molecule has 0 saturated carbocycles. The van der Waals surface area contributed by atoms with Gasteiger partial charge in [-0.25, -0.2) is 4.98 Å². The maximum Gasteiger partial charge on any atom is 0.174 e. The van der Waals surface area contributed by atoms with Gasteiger partial charge >= 0.3 is 0 Å². The number of nitrogens with one attached hydrogen (secondary N) is 1. The van der Waals surface area contributed by atoms with Gasteiger partial charge in [0.2, 0.25) is 0 Å². The molecule has 5 nitrogen and oxygen atoms in total. The lowest BCUT2D eigenvalue weighted by molar-refractivity contribution is 0.548. The van der Waals surface area contributed by atoms with E-state index in [1.54, 1.807) is 0 Å². The number of hydrogen-bond donors (Lipinski definition) is 1. The van der Waals surface area contributed by atoms with Crippen molar-refractivity contribution in [1.29, 1.82) is 0 Å². The van der Waals surface area contributed by atoms with Crippen LogP contribution in [0.15, 0.2) is 85.3 Å². The molecule has 6 heteroatoms. The number of rotatable bonds is 4. The van der Waals surface area contributed by atoms with Crippen molar-refractivity contribution in [2.24, 2.45) is 0 Å². The summed E-state index contributed by atoms with van der Waals surface area (Å²) < 4.78 is 2.13. The zero-order chi connectivity index (χ0) is 21.4. The summed E-state index contributed by atoms with van der Waals surface area (Å²) in [5.41, 5.74) is 5.62. The van der Waals surface area contributed by atoms with E-state index >= 15 is 0 Å². The average Bonchev–Trinajstić information content (AvgIpc) is 3.41. The van der Waals surface area contributed by atoms with Crippen LogP contribution in [0.25, 0.3) is 5.82 Å². The van der Waals surface area contributed by atoms with Gasteiger partial charge in [-0.2, -0.15) is 0 Å². The Kier molecular flexibility index (Phi) is 5.00. The maximum atomic E-state index is 5.85. The molecule has 1 aliphatic rings. The standard InChI is InChI=1S/C25H23N5S/c1-17-11-12-19(16-18(17)2)30-24(23(28-25(30)31)20-8-3-5-13-26-20)21-9-7-15-29(21)22-10-4-6-14-27-22/h3-16,23-24H,1-2H3,(H,28,31)/t23-,24+/m1/s1. The van der Waals surface area contributed by atoms with Crippen molar-refractivity contribution in [1.82, 2.24) is 19.9 Å². The van der Waals surface area contributed by atoms with Gasteiger partial charge in [0.05, 0.1) is 11.7 Å². The number of aromatic nitrogens is 3. The molecule has 1 saturated heterocycles. The van der Waals surface area contributed by atoms with Crippen molar-refractivity contribution >= 4 is 23.0 Å². The normalized spacial score (nSPS) is 18.3. The van der Waals surface area contributed by atoms with Gasteiger partial charge in [0.15, 0.2) is 5.11 Å². The molecule has 1 N–H and O–H groups in total. The molecule has 31 heavy (non-hydrogen) atoms. The van der Waals surface area contributed by atoms with Gasteiger partial charge in [-0.15, -0.1) is 0 Å². The van der Waals surface area contributed by atoms with E-state index in [9.17, 15) is 0 Å². The molecule has 0 bridgehead atoms. The maximum absolute atomic E-state index is 5.85. The molecule has 4 aromatic rings. The van der Waals surface area contributed by atoms with Crippen LogP contribution in [0.3, 0.4) is 0 Å². The predicted octanol–water partition coefficient (Wildman–Crippen LogP) is 5.06. The SMILES string of the molecule is Cc1ccc(N2C(=S)N[C@H](c3ccccn3)[C@@H]2c2cccn2-c2ccccn2)cc1C. The molecule has 3 aromatic heterocycles. The fourth-order valence-corrected chi connectivity index (χ4v) is 4.49. The Balaban J connectivity index is 1.68. The Morgan fingerprint density at radius 3 is 2.39 bits per heavy atom. The van der Waals surface area contributed by atoms with Crippen LogP contribution >= 0.6 is 12.2 Å². The number of benzene rings is 1. The van der Waals surface area contributed by atoms with Crippen LogP contribution < -0.4 is 10.2 Å². The minimum atomic E-state index is -0.0901. The third kappa shape index (κ3) is 3.49. The summed E-state index contributed by atoms with van der Waals surface area (Å²) in [6.45, 7) is 4.26. The van der Waals surface area contributed by atoms with E-state index in [-0.39, 0.29) is 12.1 Å². The number of thiocarbonyl (C=S) groups is 1. The van der Waals surface area contributed by atoms with Gasteiger partial charge in [0.1, 0.15) is 11.9 Å².